The summed E-state index contributed by atoms with van der Waals surface area (Å²) in [7, 11) is 4.61. The molecule has 0 aromatic heterocycles. The minimum Gasteiger partial charge on any atom is -0.477 e. The number of fused-ring (bicyclic) bond motifs is 1. The normalized spacial score (nSPS) is 15.8. The number of hydrogen-bond donors (Lipinski definition) is 2. The summed E-state index contributed by atoms with van der Waals surface area (Å²) in [5.74, 6) is -0.442. The number of carbonyl (C=O) groups is 2. The zero-order valence-electron chi connectivity index (χ0n) is 29.2. The lowest BCUT2D eigenvalue weighted by atomic mass is 9.76. The number of hydroxylamine groups is 2. The van der Waals surface area contributed by atoms with E-state index >= 15 is 0 Å². The van der Waals surface area contributed by atoms with Crippen molar-refractivity contribution in [2.24, 2.45) is 0 Å². The van der Waals surface area contributed by atoms with Gasteiger partial charge in [-0.25, -0.2) is 14.7 Å². The van der Waals surface area contributed by atoms with Crippen LogP contribution in [0, 0.1) is 10.1 Å². The number of nitro groups is 1. The number of carboxylic acids is 1. The summed E-state index contributed by atoms with van der Waals surface area (Å²) in [5, 5.41) is 23.2. The van der Waals surface area contributed by atoms with Crippen LogP contribution in [0.25, 0.3) is 0 Å². The average Bonchev–Trinajstić information content (AvgIpc) is 3.08. The first-order valence-corrected chi connectivity index (χ1v) is 15.9. The van der Waals surface area contributed by atoms with Gasteiger partial charge in [0, 0.05) is 57.0 Å². The van der Waals surface area contributed by atoms with Gasteiger partial charge in [0.15, 0.2) is 0 Å². The monoisotopic (exact) mass is 761 g/mol. The minimum atomic E-state index is -4.58. The maximum atomic E-state index is 12.6. The van der Waals surface area contributed by atoms with Gasteiger partial charge < -0.3 is 29.4 Å². The number of carbonyl (C=O) groups excluding carboxylic acids is 1. The van der Waals surface area contributed by atoms with Crippen LogP contribution in [0.1, 0.15) is 48.7 Å². The lowest BCUT2D eigenvalue weighted by Crippen LogP contribution is -2.45. The molecule has 2 N–H and O–H groups in total. The van der Waals surface area contributed by atoms with E-state index in [2.05, 4.69) is 19.2 Å². The number of halogens is 4. The molecule has 282 valence electrons. The number of nitrogens with zero attached hydrogens (tertiary/aromatic N) is 2. The van der Waals surface area contributed by atoms with E-state index in [1.165, 1.54) is 14.2 Å². The molecule has 1 atom stereocenters. The van der Waals surface area contributed by atoms with Crippen molar-refractivity contribution >= 4 is 35.0 Å². The zero-order chi connectivity index (χ0) is 39.3. The molecule has 5 rings (SSSR count). The highest BCUT2D eigenvalue weighted by molar-refractivity contribution is 6.32. The van der Waals surface area contributed by atoms with Crippen LogP contribution < -0.4 is 19.5 Å². The summed E-state index contributed by atoms with van der Waals surface area (Å²) in [4.78, 5) is 37.6. The largest absolute Gasteiger partial charge is 0.477 e. The van der Waals surface area contributed by atoms with Crippen molar-refractivity contribution in [1.82, 2.24) is 5.06 Å². The summed E-state index contributed by atoms with van der Waals surface area (Å²) in [5.41, 5.74) is -0.562. The van der Waals surface area contributed by atoms with Crippen LogP contribution in [0.5, 0.6) is 28.7 Å². The molecule has 1 aliphatic rings. The molecule has 1 heterocycles. The summed E-state index contributed by atoms with van der Waals surface area (Å²) < 4.78 is 60.6. The molecule has 0 bridgehead atoms. The van der Waals surface area contributed by atoms with Crippen molar-refractivity contribution in [3.8, 4) is 28.7 Å². The van der Waals surface area contributed by atoms with E-state index < -0.39 is 39.7 Å². The number of methoxy groups -OCH3 is 1. The average molecular weight is 762 g/mol. The number of nitrogens with one attached hydrogen (secondary N) is 1. The predicted molar refractivity (Wildman–Crippen MR) is 187 cm³/mol. The van der Waals surface area contributed by atoms with Gasteiger partial charge in [0.1, 0.15) is 34.3 Å². The summed E-state index contributed by atoms with van der Waals surface area (Å²) in [6.07, 6.45) is -3.82. The topological polar surface area (TPSA) is 159 Å². The number of benzene rings is 4. The van der Waals surface area contributed by atoms with Gasteiger partial charge in [-0.15, -0.1) is 0 Å². The molecule has 4 aromatic carbocycles. The second-order valence-corrected chi connectivity index (χ2v) is 12.8. The smallest absolute Gasteiger partial charge is 0.416 e. The number of anilines is 1. The molecule has 17 heteroatoms. The molecular formula is C36H35ClF3N3O10. The lowest BCUT2D eigenvalue weighted by Gasteiger charge is -2.43. The Hall–Kier alpha value is -5.58. The van der Waals surface area contributed by atoms with E-state index in [-0.39, 0.29) is 28.0 Å². The van der Waals surface area contributed by atoms with E-state index in [0.29, 0.717) is 23.3 Å². The molecule has 0 saturated carbocycles. The molecule has 4 aromatic rings. The molecule has 13 nitrogen and oxygen atoms in total. The second-order valence-electron chi connectivity index (χ2n) is 12.4. The number of alkyl halides is 3. The first-order valence-electron chi connectivity index (χ1n) is 15.6. The molecule has 0 spiro atoms. The Morgan fingerprint density at radius 2 is 1.57 bits per heavy atom. The highest BCUT2D eigenvalue weighted by atomic mass is 35.5. The van der Waals surface area contributed by atoms with Gasteiger partial charge in [-0.05, 0) is 60.0 Å². The molecule has 0 fully saturated rings. The number of carboxylic acid groups (broad SMARTS) is 1. The van der Waals surface area contributed by atoms with E-state index in [1.807, 2.05) is 25.1 Å². The highest BCUT2D eigenvalue weighted by Gasteiger charge is 2.42. The van der Waals surface area contributed by atoms with E-state index in [0.717, 1.165) is 53.1 Å². The molecule has 53 heavy (non-hydrogen) atoms. The van der Waals surface area contributed by atoms with Crippen molar-refractivity contribution in [1.29, 1.82) is 0 Å². The predicted octanol–water partition coefficient (Wildman–Crippen LogP) is 9.68. The van der Waals surface area contributed by atoms with Crippen LogP contribution in [0.4, 0.5) is 29.3 Å². The Kier molecular flexibility index (Phi) is 12.1. The maximum Gasteiger partial charge on any atom is 0.416 e. The van der Waals surface area contributed by atoms with E-state index in [9.17, 15) is 32.9 Å². The standard InChI is InChI=1S/C22H28N2O5.C14H7ClF3NO5/c1-21(2)14-22(3,26-5)29-19-13-17(11-12-18(19)21)28-16-9-7-15(8-10-16)23-20(25)24(4)27-6;15-10-5-7(14(16,17)18)1-4-12(10)24-8-2-3-11(19(22)23)9(6-8)13(20)21/h7-13H,14H2,1-6H3,(H,23,25);1-6H,(H,20,21). The van der Waals surface area contributed by atoms with E-state index in [1.54, 1.807) is 31.4 Å². The Morgan fingerprint density at radius 1 is 0.943 bits per heavy atom. The molecular weight excluding hydrogens is 727 g/mol. The maximum absolute atomic E-state index is 12.6. The number of urea groups is 1. The van der Waals surface area contributed by atoms with Crippen LogP contribution in [0.3, 0.4) is 0 Å². The first-order chi connectivity index (χ1) is 24.7. The van der Waals surface area contributed by atoms with Crippen molar-refractivity contribution in [2.45, 2.75) is 44.6 Å². The van der Waals surface area contributed by atoms with Crippen LogP contribution in [0.15, 0.2) is 78.9 Å². The van der Waals surface area contributed by atoms with Crippen LogP contribution in [0.2, 0.25) is 5.02 Å². The Labute approximate surface area is 306 Å². The number of rotatable bonds is 9. The molecule has 0 saturated heterocycles. The van der Waals surface area contributed by atoms with E-state index in [4.69, 9.17) is 40.5 Å². The van der Waals surface area contributed by atoms with Crippen LogP contribution in [-0.4, -0.2) is 54.1 Å². The van der Waals surface area contributed by atoms with Gasteiger partial charge >= 0.3 is 18.2 Å². The fourth-order valence-corrected chi connectivity index (χ4v) is 5.53. The SMILES string of the molecule is CON(C)C(=O)Nc1ccc(Oc2ccc3c(c2)OC(C)(OC)CC3(C)C)cc1.O=C(O)c1cc(Oc2ccc(C(F)(F)F)cc2Cl)ccc1[N+](=O)[O-]. The third kappa shape index (κ3) is 10.1. The Bertz CT molecular complexity index is 1990. The Balaban J connectivity index is 0.000000241. The summed E-state index contributed by atoms with van der Waals surface area (Å²) in [6, 6.07) is 17.8. The van der Waals surface area contributed by atoms with Gasteiger partial charge in [0.05, 0.1) is 22.6 Å². The third-order valence-corrected chi connectivity index (χ3v) is 8.28. The number of ether oxygens (including phenoxy) is 4. The van der Waals surface area contributed by atoms with Crippen LogP contribution >= 0.6 is 11.6 Å². The van der Waals surface area contributed by atoms with Gasteiger partial charge in [-0.1, -0.05) is 31.5 Å². The zero-order valence-corrected chi connectivity index (χ0v) is 30.0. The summed E-state index contributed by atoms with van der Waals surface area (Å²) >= 11 is 5.72. The van der Waals surface area contributed by atoms with Crippen molar-refractivity contribution < 1.29 is 56.6 Å². The van der Waals surface area contributed by atoms with Crippen molar-refractivity contribution in [3.63, 3.8) is 0 Å². The highest BCUT2D eigenvalue weighted by Crippen LogP contribution is 2.46. The van der Waals surface area contributed by atoms with Crippen LogP contribution in [-0.2, 0) is 21.2 Å². The molecule has 1 unspecified atom stereocenters. The van der Waals surface area contributed by atoms with Gasteiger partial charge in [0.2, 0.25) is 5.79 Å². The molecule has 1 aliphatic heterocycles. The van der Waals surface area contributed by atoms with Gasteiger partial charge in [-0.2, -0.15) is 13.2 Å². The quantitative estimate of drug-likeness (QED) is 0.124. The lowest BCUT2D eigenvalue weighted by molar-refractivity contribution is -0.385. The number of nitro benzene ring substituents is 1. The van der Waals surface area contributed by atoms with Gasteiger partial charge in [-0.3, -0.25) is 15.0 Å². The third-order valence-electron chi connectivity index (χ3n) is 7.99. The van der Waals surface area contributed by atoms with Gasteiger partial charge in [0.25, 0.3) is 5.69 Å². The second kappa shape index (κ2) is 16.0. The number of aromatic carboxylic acids is 1. The first kappa shape index (κ1) is 40.2. The molecule has 0 aliphatic carbocycles. The summed E-state index contributed by atoms with van der Waals surface area (Å²) in [6.45, 7) is 6.31. The Morgan fingerprint density at radius 3 is 2.13 bits per heavy atom. The fourth-order valence-electron chi connectivity index (χ4n) is 5.31. The van der Waals surface area contributed by atoms with Crippen molar-refractivity contribution in [3.05, 3.63) is 111 Å². The van der Waals surface area contributed by atoms with Crippen molar-refractivity contribution in [2.75, 3.05) is 26.6 Å². The minimum absolute atomic E-state index is 0.0773. The number of amides is 2. The molecule has 2 amide bonds. The molecule has 0 radical (unpaired) electrons. The number of hydrogen-bond acceptors (Lipinski definition) is 9. The fraction of sp³-hybridized carbons (Fsp3) is 0.278.